The number of nitriles is 1. The van der Waals surface area contributed by atoms with Gasteiger partial charge in [0.2, 0.25) is 5.88 Å². The zero-order chi connectivity index (χ0) is 33.9. The van der Waals surface area contributed by atoms with Gasteiger partial charge < -0.3 is 14.1 Å². The Morgan fingerprint density at radius 1 is 0.979 bits per heavy atom. The number of aliphatic imine (C=N–C) groups is 1. The van der Waals surface area contributed by atoms with Crippen LogP contribution in [0.2, 0.25) is 18.1 Å². The van der Waals surface area contributed by atoms with Crippen LogP contribution in [0.4, 0.5) is 0 Å². The molecule has 0 amide bonds. The zero-order valence-corrected chi connectivity index (χ0v) is 29.7. The molecule has 48 heavy (non-hydrogen) atoms. The molecule has 2 bridgehead atoms. The SMILES string of the molecule is CC(C)(C)[Si](C)(C)Oc1cc(-c2cnc(C3CC4CC(C4)C3)cn2)c2c(C#N)cnn2c1.COc1ccc(CN2C=CC=NC=C2)cn1. The number of rotatable bonds is 7. The third kappa shape index (κ3) is 7.34. The van der Waals surface area contributed by atoms with Gasteiger partial charge in [-0.25, -0.2) is 9.50 Å². The van der Waals surface area contributed by atoms with Gasteiger partial charge in [-0.05, 0) is 73.4 Å². The number of hydrogen-bond acceptors (Lipinski definition) is 9. The number of ether oxygens (including phenoxy) is 1. The highest BCUT2D eigenvalue weighted by Gasteiger charge is 2.40. The summed E-state index contributed by atoms with van der Waals surface area (Å²) < 4.78 is 13.3. The smallest absolute Gasteiger partial charge is 0.250 e. The van der Waals surface area contributed by atoms with E-state index < -0.39 is 8.32 Å². The molecule has 1 aliphatic heterocycles. The summed E-state index contributed by atoms with van der Waals surface area (Å²) in [6.07, 6.45) is 23.7. The van der Waals surface area contributed by atoms with Gasteiger partial charge >= 0.3 is 0 Å². The van der Waals surface area contributed by atoms with Crippen LogP contribution >= 0.6 is 0 Å². The summed E-state index contributed by atoms with van der Waals surface area (Å²) >= 11 is 0. The molecule has 0 saturated heterocycles. The first kappa shape index (κ1) is 33.1. The number of nitrogens with zero attached hydrogens (tertiary/aromatic N) is 8. The molecular formula is C37H44N8O2Si. The van der Waals surface area contributed by atoms with E-state index in [2.05, 4.69) is 55.0 Å². The van der Waals surface area contributed by atoms with E-state index in [0.29, 0.717) is 17.4 Å². The lowest BCUT2D eigenvalue weighted by Gasteiger charge is -2.45. The highest BCUT2D eigenvalue weighted by Crippen LogP contribution is 2.51. The third-order valence-corrected chi connectivity index (χ3v) is 14.3. The quantitative estimate of drug-likeness (QED) is 0.184. The highest BCUT2D eigenvalue weighted by molar-refractivity contribution is 6.74. The molecular weight excluding hydrogens is 617 g/mol. The fourth-order valence-electron chi connectivity index (χ4n) is 6.33. The molecule has 3 saturated carbocycles. The summed E-state index contributed by atoms with van der Waals surface area (Å²) in [6.45, 7) is 11.9. The number of pyridine rings is 2. The molecule has 0 atom stereocenters. The summed E-state index contributed by atoms with van der Waals surface area (Å²) in [4.78, 5) is 19.8. The molecule has 0 radical (unpaired) electrons. The van der Waals surface area contributed by atoms with Crippen LogP contribution in [0.25, 0.3) is 16.8 Å². The van der Waals surface area contributed by atoms with Crippen LogP contribution in [-0.2, 0) is 6.54 Å². The molecule has 248 valence electrons. The van der Waals surface area contributed by atoms with Crippen LogP contribution < -0.4 is 9.16 Å². The molecule has 5 heterocycles. The largest absolute Gasteiger partial charge is 0.542 e. The predicted molar refractivity (Wildman–Crippen MR) is 190 cm³/mol. The van der Waals surface area contributed by atoms with E-state index in [4.69, 9.17) is 19.1 Å². The minimum Gasteiger partial charge on any atom is -0.542 e. The number of allylic oxidation sites excluding steroid dienone is 1. The van der Waals surface area contributed by atoms with E-state index in [1.54, 1.807) is 30.2 Å². The lowest BCUT2D eigenvalue weighted by atomic mass is 9.61. The second-order valence-electron chi connectivity index (χ2n) is 14.4. The Bertz CT molecular complexity index is 1830. The zero-order valence-electron chi connectivity index (χ0n) is 28.7. The van der Waals surface area contributed by atoms with Gasteiger partial charge in [-0.1, -0.05) is 26.8 Å². The predicted octanol–water partition coefficient (Wildman–Crippen LogP) is 7.91. The van der Waals surface area contributed by atoms with E-state index in [9.17, 15) is 5.26 Å². The first-order chi connectivity index (χ1) is 23.0. The topological polar surface area (TPSA) is 114 Å². The number of hydrogen-bond donors (Lipinski definition) is 0. The van der Waals surface area contributed by atoms with Crippen molar-refractivity contribution >= 4 is 20.0 Å². The van der Waals surface area contributed by atoms with Crippen LogP contribution in [0.15, 0.2) is 78.9 Å². The second-order valence-corrected chi connectivity index (χ2v) is 19.2. The average Bonchev–Trinajstić information content (AvgIpc) is 3.31. The number of fused-ring (bicyclic) bond motifs is 3. The van der Waals surface area contributed by atoms with E-state index in [-0.39, 0.29) is 5.04 Å². The lowest BCUT2D eigenvalue weighted by molar-refractivity contribution is 0.0951. The molecule has 3 aliphatic carbocycles. The fraction of sp³-hybridized carbons (Fsp3) is 0.405. The normalized spacial score (nSPS) is 19.9. The van der Waals surface area contributed by atoms with Crippen molar-refractivity contribution < 1.29 is 9.16 Å². The molecule has 4 aromatic heterocycles. The Morgan fingerprint density at radius 2 is 1.77 bits per heavy atom. The Kier molecular flexibility index (Phi) is 9.46. The fourth-order valence-corrected chi connectivity index (χ4v) is 7.34. The molecule has 11 heteroatoms. The van der Waals surface area contributed by atoms with Crippen molar-refractivity contribution in [1.82, 2.24) is 29.5 Å². The Labute approximate surface area is 284 Å². The Balaban J connectivity index is 0.000000211. The van der Waals surface area contributed by atoms with Gasteiger partial charge in [-0.15, -0.1) is 0 Å². The monoisotopic (exact) mass is 660 g/mol. The summed E-state index contributed by atoms with van der Waals surface area (Å²) in [5.74, 6) is 3.69. The maximum Gasteiger partial charge on any atom is 0.250 e. The molecule has 0 aromatic carbocycles. The first-order valence-corrected chi connectivity index (χ1v) is 19.5. The van der Waals surface area contributed by atoms with Crippen LogP contribution in [0.5, 0.6) is 11.6 Å². The van der Waals surface area contributed by atoms with Crippen molar-refractivity contribution in [3.63, 3.8) is 0 Å². The van der Waals surface area contributed by atoms with Crippen molar-refractivity contribution in [2.75, 3.05) is 7.11 Å². The summed E-state index contributed by atoms with van der Waals surface area (Å²) in [6, 6.07) is 8.12. The molecule has 8 rings (SSSR count). The van der Waals surface area contributed by atoms with Crippen LogP contribution in [0.3, 0.4) is 0 Å². The first-order valence-electron chi connectivity index (χ1n) is 16.6. The van der Waals surface area contributed by atoms with Gasteiger partial charge in [-0.3, -0.25) is 15.0 Å². The minimum atomic E-state index is -2.03. The van der Waals surface area contributed by atoms with Crippen molar-refractivity contribution in [2.24, 2.45) is 16.8 Å². The Hall–Kier alpha value is -4.82. The molecule has 0 unspecified atom stereocenters. The van der Waals surface area contributed by atoms with Crippen LogP contribution in [0, 0.1) is 23.2 Å². The maximum absolute atomic E-state index is 9.64. The Morgan fingerprint density at radius 3 is 2.42 bits per heavy atom. The van der Waals surface area contributed by atoms with Gasteiger partial charge in [0.25, 0.3) is 8.32 Å². The molecule has 4 aromatic rings. The lowest BCUT2D eigenvalue weighted by Crippen LogP contribution is -2.43. The molecule has 0 spiro atoms. The van der Waals surface area contributed by atoms with Crippen molar-refractivity contribution in [2.45, 2.75) is 77.0 Å². The van der Waals surface area contributed by atoms with Crippen molar-refractivity contribution in [1.29, 1.82) is 5.26 Å². The molecule has 10 nitrogen and oxygen atoms in total. The van der Waals surface area contributed by atoms with Crippen LogP contribution in [0.1, 0.15) is 69.2 Å². The number of methoxy groups -OCH3 is 1. The minimum absolute atomic E-state index is 0.0756. The van der Waals surface area contributed by atoms with Gasteiger partial charge in [0.15, 0.2) is 0 Å². The molecule has 3 fully saturated rings. The molecule has 0 N–H and O–H groups in total. The van der Waals surface area contributed by atoms with Crippen molar-refractivity contribution in [3.8, 4) is 29.0 Å². The summed E-state index contributed by atoms with van der Waals surface area (Å²) in [5.41, 5.74) is 5.07. The third-order valence-electron chi connectivity index (χ3n) is 9.99. The standard InChI is InChI=1S/C25H31N5OSi.C12H13N3O/c1-25(2,3)32(4,5)31-20-10-21(24-19(11-26)12-29-30(24)15-20)23-14-27-22(13-28-23)18-8-16-6-17(7-16)9-18;1-16-12-4-3-11(9-14-12)10-15-7-2-5-13-6-8-15/h10,12-18H,6-9H2,1-5H3;2-9H,10H2,1H3. The van der Waals surface area contributed by atoms with E-state index in [0.717, 1.165) is 52.2 Å². The highest BCUT2D eigenvalue weighted by atomic mass is 28.4. The van der Waals surface area contributed by atoms with Gasteiger partial charge in [0.05, 0.1) is 48.2 Å². The van der Waals surface area contributed by atoms with Crippen LogP contribution in [-0.4, -0.2) is 51.1 Å². The number of aromatic nitrogens is 5. The average molecular weight is 661 g/mol. The second kappa shape index (κ2) is 13.7. The van der Waals surface area contributed by atoms with E-state index >= 15 is 0 Å². The molecule has 4 aliphatic rings. The van der Waals surface area contributed by atoms with Gasteiger partial charge in [-0.2, -0.15) is 10.4 Å². The summed E-state index contributed by atoms with van der Waals surface area (Å²) in [7, 11) is -0.424. The van der Waals surface area contributed by atoms with Crippen molar-refractivity contribution in [3.05, 3.63) is 90.7 Å². The summed E-state index contributed by atoms with van der Waals surface area (Å²) in [5, 5.41) is 14.1. The van der Waals surface area contributed by atoms with E-state index in [1.807, 2.05) is 66.4 Å². The van der Waals surface area contributed by atoms with E-state index in [1.165, 1.54) is 25.7 Å². The van der Waals surface area contributed by atoms with Gasteiger partial charge in [0, 0.05) is 61.3 Å². The van der Waals surface area contributed by atoms with Gasteiger partial charge in [0.1, 0.15) is 11.8 Å². The maximum atomic E-state index is 9.64.